The van der Waals surface area contributed by atoms with Crippen LogP contribution in [0.5, 0.6) is 0 Å². The molecule has 2 aromatic rings. The highest BCUT2D eigenvalue weighted by Gasteiger charge is 2.32. The Hall–Kier alpha value is -1.66. The van der Waals surface area contributed by atoms with E-state index in [2.05, 4.69) is 4.98 Å². The fourth-order valence-corrected chi connectivity index (χ4v) is 5.31. The smallest absolute Gasteiger partial charge is 0.232 e. The van der Waals surface area contributed by atoms with Crippen LogP contribution < -0.4 is 0 Å². The predicted octanol–water partition coefficient (Wildman–Crippen LogP) is 2.70. The van der Waals surface area contributed by atoms with Crippen molar-refractivity contribution in [2.24, 2.45) is 0 Å². The molecule has 1 saturated heterocycles. The summed E-state index contributed by atoms with van der Waals surface area (Å²) < 4.78 is 33.5. The quantitative estimate of drug-likeness (QED) is 0.854. The molecule has 1 atom stereocenters. The standard InChI is InChI=1S/C18H22N2O3S/c21-24(22,13-15-9-6-12-23-15)18-19-16-10-4-5-11-17(16)20(18)14-7-2-1-3-8-14/h1-3,7-8,15H,4-6,9-13H2/t15-/m1/s1. The first-order valence-corrected chi connectivity index (χ1v) is 10.3. The molecule has 0 N–H and O–H groups in total. The largest absolute Gasteiger partial charge is 0.377 e. The Morgan fingerprint density at radius 3 is 2.67 bits per heavy atom. The van der Waals surface area contributed by atoms with Crippen molar-refractivity contribution in [2.75, 3.05) is 12.4 Å². The van der Waals surface area contributed by atoms with Crippen molar-refractivity contribution < 1.29 is 13.2 Å². The molecule has 1 aromatic heterocycles. The second-order valence-corrected chi connectivity index (χ2v) is 8.51. The lowest BCUT2D eigenvalue weighted by Gasteiger charge is -2.16. The van der Waals surface area contributed by atoms with Crippen LogP contribution in [0.1, 0.15) is 37.1 Å². The van der Waals surface area contributed by atoms with Crippen molar-refractivity contribution >= 4 is 9.84 Å². The average Bonchev–Trinajstić information content (AvgIpc) is 3.22. The molecule has 1 fully saturated rings. The van der Waals surface area contributed by atoms with Gasteiger partial charge in [0.25, 0.3) is 0 Å². The van der Waals surface area contributed by atoms with E-state index < -0.39 is 9.84 Å². The molecule has 0 saturated carbocycles. The molecule has 4 rings (SSSR count). The number of hydrogen-bond acceptors (Lipinski definition) is 4. The third-order valence-electron chi connectivity index (χ3n) is 4.82. The Labute approximate surface area is 142 Å². The molecule has 128 valence electrons. The van der Waals surface area contributed by atoms with Gasteiger partial charge in [-0.25, -0.2) is 13.4 Å². The van der Waals surface area contributed by atoms with Gasteiger partial charge in [0.15, 0.2) is 0 Å². The minimum atomic E-state index is -3.49. The van der Waals surface area contributed by atoms with Gasteiger partial charge in [0, 0.05) is 18.0 Å². The van der Waals surface area contributed by atoms with E-state index in [4.69, 9.17) is 4.74 Å². The number of aryl methyl sites for hydroxylation is 1. The minimum absolute atomic E-state index is 0.0235. The van der Waals surface area contributed by atoms with Crippen molar-refractivity contribution in [2.45, 2.75) is 49.8 Å². The number of hydrogen-bond donors (Lipinski definition) is 0. The van der Waals surface area contributed by atoms with E-state index in [-0.39, 0.29) is 17.0 Å². The topological polar surface area (TPSA) is 61.2 Å². The van der Waals surface area contributed by atoms with Gasteiger partial charge in [0.1, 0.15) is 0 Å². The highest BCUT2D eigenvalue weighted by molar-refractivity contribution is 7.91. The van der Waals surface area contributed by atoms with Gasteiger partial charge >= 0.3 is 0 Å². The molecule has 1 aliphatic heterocycles. The van der Waals surface area contributed by atoms with Gasteiger partial charge in [0.05, 0.1) is 17.6 Å². The summed E-state index contributed by atoms with van der Waals surface area (Å²) in [6, 6.07) is 9.69. The first-order valence-electron chi connectivity index (χ1n) is 8.65. The molecular weight excluding hydrogens is 324 g/mol. The number of nitrogens with zero attached hydrogens (tertiary/aromatic N) is 2. The van der Waals surface area contributed by atoms with Crippen molar-refractivity contribution in [3.05, 3.63) is 41.7 Å². The molecular formula is C18H22N2O3S. The number of imidazole rings is 1. The van der Waals surface area contributed by atoms with E-state index in [1.807, 2.05) is 34.9 Å². The maximum absolute atomic E-state index is 13.0. The first-order chi connectivity index (χ1) is 11.6. The summed E-state index contributed by atoms with van der Waals surface area (Å²) in [5.41, 5.74) is 2.87. The summed E-state index contributed by atoms with van der Waals surface area (Å²) in [5.74, 6) is 0.0235. The van der Waals surface area contributed by atoms with Crippen LogP contribution in [-0.2, 0) is 27.4 Å². The summed E-state index contributed by atoms with van der Waals surface area (Å²) in [6.07, 6.45) is 5.44. The number of ether oxygens (including phenoxy) is 1. The van der Waals surface area contributed by atoms with Crippen LogP contribution in [0.2, 0.25) is 0 Å². The van der Waals surface area contributed by atoms with Crippen LogP contribution in [0, 0.1) is 0 Å². The molecule has 0 spiro atoms. The molecule has 2 heterocycles. The zero-order chi connectivity index (χ0) is 16.6. The summed E-state index contributed by atoms with van der Waals surface area (Å²) in [6.45, 7) is 0.657. The van der Waals surface area contributed by atoms with Crippen LogP contribution in [0.25, 0.3) is 5.69 Å². The lowest BCUT2D eigenvalue weighted by Crippen LogP contribution is -2.23. The molecule has 0 bridgehead atoms. The van der Waals surface area contributed by atoms with Crippen LogP contribution in [0.15, 0.2) is 35.5 Å². The predicted molar refractivity (Wildman–Crippen MR) is 91.2 cm³/mol. The summed E-state index contributed by atoms with van der Waals surface area (Å²) >= 11 is 0. The summed E-state index contributed by atoms with van der Waals surface area (Å²) in [7, 11) is -3.49. The normalized spacial score (nSPS) is 20.9. The number of sulfone groups is 1. The molecule has 24 heavy (non-hydrogen) atoms. The zero-order valence-electron chi connectivity index (χ0n) is 13.6. The number of aromatic nitrogens is 2. The van der Waals surface area contributed by atoms with Crippen LogP contribution in [0.4, 0.5) is 0 Å². The monoisotopic (exact) mass is 346 g/mol. The fraction of sp³-hybridized carbons (Fsp3) is 0.500. The highest BCUT2D eigenvalue weighted by atomic mass is 32.2. The van der Waals surface area contributed by atoms with E-state index in [9.17, 15) is 8.42 Å². The third kappa shape index (κ3) is 2.89. The van der Waals surface area contributed by atoms with E-state index >= 15 is 0 Å². The SMILES string of the molecule is O=S(=O)(C[C@H]1CCCO1)c1nc2c(n1-c1ccccc1)CCCC2. The third-order valence-corrected chi connectivity index (χ3v) is 6.46. The fourth-order valence-electron chi connectivity index (χ4n) is 3.66. The Morgan fingerprint density at radius 2 is 1.92 bits per heavy atom. The first kappa shape index (κ1) is 15.8. The van der Waals surface area contributed by atoms with Crippen LogP contribution in [-0.4, -0.2) is 36.4 Å². The molecule has 1 aliphatic carbocycles. The van der Waals surface area contributed by atoms with Gasteiger partial charge in [-0.2, -0.15) is 0 Å². The van der Waals surface area contributed by atoms with E-state index in [1.54, 1.807) is 0 Å². The second kappa shape index (κ2) is 6.33. The molecule has 1 aromatic carbocycles. The number of benzene rings is 1. The van der Waals surface area contributed by atoms with Crippen molar-refractivity contribution in [1.82, 2.24) is 9.55 Å². The minimum Gasteiger partial charge on any atom is -0.377 e. The number of rotatable bonds is 4. The van der Waals surface area contributed by atoms with Crippen LogP contribution in [0.3, 0.4) is 0 Å². The maximum atomic E-state index is 13.0. The van der Waals surface area contributed by atoms with Gasteiger partial charge in [0.2, 0.25) is 15.0 Å². The molecule has 0 unspecified atom stereocenters. The molecule has 0 radical (unpaired) electrons. The second-order valence-electron chi connectivity index (χ2n) is 6.58. The van der Waals surface area contributed by atoms with E-state index in [1.165, 1.54) is 0 Å². The van der Waals surface area contributed by atoms with Crippen molar-refractivity contribution in [3.8, 4) is 5.69 Å². The zero-order valence-corrected chi connectivity index (χ0v) is 14.5. The van der Waals surface area contributed by atoms with Gasteiger partial charge in [-0.05, 0) is 50.7 Å². The highest BCUT2D eigenvalue weighted by Crippen LogP contribution is 2.29. The van der Waals surface area contributed by atoms with Gasteiger partial charge in [-0.15, -0.1) is 0 Å². The Bertz CT molecular complexity index is 821. The molecule has 2 aliphatic rings. The lowest BCUT2D eigenvalue weighted by molar-refractivity contribution is 0.127. The molecule has 0 amide bonds. The number of para-hydroxylation sites is 1. The van der Waals surface area contributed by atoms with Crippen molar-refractivity contribution in [3.63, 3.8) is 0 Å². The van der Waals surface area contributed by atoms with Crippen molar-refractivity contribution in [1.29, 1.82) is 0 Å². The molecule has 6 heteroatoms. The Balaban J connectivity index is 1.81. The lowest BCUT2D eigenvalue weighted by atomic mass is 10.0. The van der Waals surface area contributed by atoms with Gasteiger partial charge in [-0.1, -0.05) is 18.2 Å². The number of fused-ring (bicyclic) bond motifs is 1. The summed E-state index contributed by atoms with van der Waals surface area (Å²) in [4.78, 5) is 4.56. The van der Waals surface area contributed by atoms with Gasteiger partial charge < -0.3 is 4.74 Å². The maximum Gasteiger partial charge on any atom is 0.232 e. The average molecular weight is 346 g/mol. The van der Waals surface area contributed by atoms with E-state index in [0.29, 0.717) is 6.61 Å². The van der Waals surface area contributed by atoms with Crippen LogP contribution >= 0.6 is 0 Å². The summed E-state index contributed by atoms with van der Waals surface area (Å²) in [5, 5.41) is 0.191. The Morgan fingerprint density at radius 1 is 1.12 bits per heavy atom. The molecule has 5 nitrogen and oxygen atoms in total. The Kier molecular flexibility index (Phi) is 4.18. The van der Waals surface area contributed by atoms with Gasteiger partial charge in [-0.3, -0.25) is 4.57 Å². The van der Waals surface area contributed by atoms with E-state index in [0.717, 1.165) is 55.6 Å².